The van der Waals surface area contributed by atoms with E-state index in [-0.39, 0.29) is 6.61 Å². The van der Waals surface area contributed by atoms with Crippen LogP contribution in [0.2, 0.25) is 0 Å². The van der Waals surface area contributed by atoms with Gasteiger partial charge < -0.3 is 52.1 Å². The summed E-state index contributed by atoms with van der Waals surface area (Å²) >= 11 is 0. The zero-order chi connectivity index (χ0) is 36.8. The number of carbonyl (C=O) groups excluding carboxylic acids is 7. The van der Waals surface area contributed by atoms with Crippen LogP contribution in [0, 0.1) is 0 Å². The van der Waals surface area contributed by atoms with Gasteiger partial charge in [0.25, 0.3) is 0 Å². The first kappa shape index (κ1) is 41.0. The molecule has 49 heavy (non-hydrogen) atoms. The average molecular weight is 705 g/mol. The van der Waals surface area contributed by atoms with Crippen LogP contribution in [-0.2, 0) is 85.7 Å². The summed E-state index contributed by atoms with van der Waals surface area (Å²) in [5, 5.41) is 0. The summed E-state index contributed by atoms with van der Waals surface area (Å²) in [6.07, 6.45) is -12.4. The van der Waals surface area contributed by atoms with Crippen LogP contribution in [0.4, 0.5) is 0 Å². The molecule has 4 unspecified atom stereocenters. The molecule has 2 heterocycles. The van der Waals surface area contributed by atoms with E-state index in [0.29, 0.717) is 12.8 Å². The Labute approximate surface area is 282 Å². The van der Waals surface area contributed by atoms with Crippen LogP contribution >= 0.6 is 0 Å². The highest BCUT2D eigenvalue weighted by molar-refractivity contribution is 5.69. The molecule has 0 saturated carbocycles. The maximum Gasteiger partial charge on any atom is 0.303 e. The molecule has 2 saturated heterocycles. The molecule has 0 aliphatic carbocycles. The van der Waals surface area contributed by atoms with Gasteiger partial charge in [-0.15, -0.1) is 6.58 Å². The van der Waals surface area contributed by atoms with Gasteiger partial charge in [-0.1, -0.05) is 6.08 Å². The van der Waals surface area contributed by atoms with Gasteiger partial charge in [0.15, 0.2) is 43.1 Å². The molecule has 0 N–H and O–H groups in total. The highest BCUT2D eigenvalue weighted by atomic mass is 16.8. The Morgan fingerprint density at radius 2 is 0.918 bits per heavy atom. The fourth-order valence-electron chi connectivity index (χ4n) is 5.03. The van der Waals surface area contributed by atoms with Gasteiger partial charge in [-0.05, 0) is 12.8 Å². The van der Waals surface area contributed by atoms with Crippen molar-refractivity contribution in [2.75, 3.05) is 19.8 Å². The van der Waals surface area contributed by atoms with Gasteiger partial charge in [0.05, 0.1) is 6.61 Å². The monoisotopic (exact) mass is 704 g/mol. The number of carbonyl (C=O) groups is 7. The van der Waals surface area contributed by atoms with Gasteiger partial charge in [-0.2, -0.15) is 0 Å². The van der Waals surface area contributed by atoms with Crippen LogP contribution in [0.1, 0.15) is 61.3 Å². The normalized spacial score (nSPS) is 29.4. The number of hydrogen-bond donors (Lipinski definition) is 0. The number of allylic oxidation sites excluding steroid dienone is 1. The van der Waals surface area contributed by atoms with Crippen molar-refractivity contribution in [3.05, 3.63) is 12.7 Å². The van der Waals surface area contributed by atoms with E-state index in [9.17, 15) is 33.6 Å². The molecule has 0 aromatic carbocycles. The van der Waals surface area contributed by atoms with Gasteiger partial charge in [0.2, 0.25) is 0 Å². The average Bonchev–Trinajstić information content (AvgIpc) is 2.97. The minimum Gasteiger partial charge on any atom is -0.463 e. The van der Waals surface area contributed by atoms with Gasteiger partial charge in [-0.25, -0.2) is 0 Å². The molecule has 2 fully saturated rings. The number of ether oxygens (including phenoxy) is 11. The minimum atomic E-state index is -1.77. The predicted octanol–water partition coefficient (Wildman–Crippen LogP) is 0.589. The quantitative estimate of drug-likeness (QED) is 0.0928. The second kappa shape index (κ2) is 19.8. The van der Waals surface area contributed by atoms with Crippen LogP contribution in [0.3, 0.4) is 0 Å². The lowest BCUT2D eigenvalue weighted by molar-refractivity contribution is -0.361. The molecule has 10 atom stereocenters. The standard InChI is InChI=1S/C31H44O18/c1-9-10-11-12-39-30-28(45-20(7)37)27(44-19(6)36)25(23(47-30)14-41-16(3)33)49-31-29(46-21(8)38)26(43-18(5)35)24(42-17(4)34)22(48-31)13-40-15(2)32/h9,22-31H,1,10-14H2,2-8H3/t22?,23?,24-,25-,26-,27-,28?,29?,30+,31-/m0/s1. The van der Waals surface area contributed by atoms with Crippen LogP contribution in [-0.4, -0.2) is 123 Å². The van der Waals surface area contributed by atoms with Gasteiger partial charge in [0.1, 0.15) is 31.5 Å². The molecular weight excluding hydrogens is 660 g/mol. The van der Waals surface area contributed by atoms with Crippen LogP contribution in [0.15, 0.2) is 12.7 Å². The second-order valence-electron chi connectivity index (χ2n) is 11.0. The molecule has 18 heteroatoms. The molecule has 0 aromatic rings. The fourth-order valence-corrected chi connectivity index (χ4v) is 5.03. The van der Waals surface area contributed by atoms with Crippen LogP contribution in [0.5, 0.6) is 0 Å². The fraction of sp³-hybridized carbons (Fsp3) is 0.710. The van der Waals surface area contributed by atoms with E-state index in [2.05, 4.69) is 6.58 Å². The molecule has 0 amide bonds. The van der Waals surface area contributed by atoms with Crippen molar-refractivity contribution >= 4 is 41.8 Å². The summed E-state index contributed by atoms with van der Waals surface area (Å²) in [5.41, 5.74) is 0. The van der Waals surface area contributed by atoms with Crippen molar-refractivity contribution in [2.24, 2.45) is 0 Å². The molecule has 0 radical (unpaired) electrons. The number of unbranched alkanes of at least 4 members (excludes halogenated alkanes) is 1. The lowest BCUT2D eigenvalue weighted by atomic mass is 9.96. The summed E-state index contributed by atoms with van der Waals surface area (Å²) in [5.74, 6) is -5.76. The number of rotatable bonds is 16. The molecule has 0 aromatic heterocycles. The van der Waals surface area contributed by atoms with Crippen molar-refractivity contribution in [3.63, 3.8) is 0 Å². The zero-order valence-corrected chi connectivity index (χ0v) is 28.4. The van der Waals surface area contributed by atoms with E-state index in [1.54, 1.807) is 6.08 Å². The summed E-state index contributed by atoms with van der Waals surface area (Å²) < 4.78 is 61.9. The van der Waals surface area contributed by atoms with Crippen molar-refractivity contribution in [2.45, 2.75) is 123 Å². The summed E-state index contributed by atoms with van der Waals surface area (Å²) in [6, 6.07) is 0. The van der Waals surface area contributed by atoms with Crippen molar-refractivity contribution < 1.29 is 85.7 Å². The lowest BCUT2D eigenvalue weighted by Gasteiger charge is -2.48. The number of hydrogen-bond acceptors (Lipinski definition) is 18. The Kier molecular flexibility index (Phi) is 16.6. The Hall–Kier alpha value is -4.13. The smallest absolute Gasteiger partial charge is 0.303 e. The molecule has 2 aliphatic heterocycles. The molecule has 18 nitrogen and oxygen atoms in total. The molecule has 2 aliphatic rings. The molecular formula is C31H44O18. The van der Waals surface area contributed by atoms with Gasteiger partial charge in [-0.3, -0.25) is 33.6 Å². The Balaban J connectivity index is 2.70. The third kappa shape index (κ3) is 13.4. The van der Waals surface area contributed by atoms with Gasteiger partial charge >= 0.3 is 41.8 Å². The Morgan fingerprint density at radius 1 is 0.531 bits per heavy atom. The maximum atomic E-state index is 12.4. The van der Waals surface area contributed by atoms with Gasteiger partial charge in [0, 0.05) is 48.5 Å². The largest absolute Gasteiger partial charge is 0.463 e. The lowest BCUT2D eigenvalue weighted by Crippen LogP contribution is -2.67. The first-order valence-corrected chi connectivity index (χ1v) is 15.4. The first-order chi connectivity index (χ1) is 23.0. The maximum absolute atomic E-state index is 12.4. The molecule has 276 valence electrons. The predicted molar refractivity (Wildman–Crippen MR) is 159 cm³/mol. The van der Waals surface area contributed by atoms with Crippen molar-refractivity contribution in [3.8, 4) is 0 Å². The topological polar surface area (TPSA) is 221 Å². The van der Waals surface area contributed by atoms with E-state index in [1.807, 2.05) is 0 Å². The summed E-state index contributed by atoms with van der Waals surface area (Å²) in [4.78, 5) is 85.0. The second-order valence-corrected chi connectivity index (χ2v) is 11.0. The van der Waals surface area contributed by atoms with E-state index >= 15 is 0 Å². The van der Waals surface area contributed by atoms with E-state index in [4.69, 9.17) is 52.1 Å². The Morgan fingerprint density at radius 3 is 1.37 bits per heavy atom. The third-order valence-electron chi connectivity index (χ3n) is 6.72. The SMILES string of the molecule is C=CCCCO[C@@H]1OC(COC(C)=O)[C@H](O[C@@H]2OC(COC(C)=O)[C@H](OC(C)=O)[C@H](OC(C)=O)C2OC(C)=O)[C@H](OC(C)=O)C1OC(C)=O. The van der Waals surface area contributed by atoms with Crippen molar-refractivity contribution in [1.29, 1.82) is 0 Å². The van der Waals surface area contributed by atoms with Crippen LogP contribution < -0.4 is 0 Å². The highest BCUT2D eigenvalue weighted by Gasteiger charge is 2.57. The first-order valence-electron chi connectivity index (χ1n) is 15.4. The van der Waals surface area contributed by atoms with E-state index < -0.39 is 116 Å². The van der Waals surface area contributed by atoms with Crippen LogP contribution in [0.25, 0.3) is 0 Å². The molecule has 2 rings (SSSR count). The molecule has 0 bridgehead atoms. The van der Waals surface area contributed by atoms with Crippen molar-refractivity contribution in [1.82, 2.24) is 0 Å². The molecule has 0 spiro atoms. The summed E-state index contributed by atoms with van der Waals surface area (Å²) in [6.45, 7) is 10.2. The summed E-state index contributed by atoms with van der Waals surface area (Å²) in [7, 11) is 0. The van der Waals surface area contributed by atoms with E-state index in [0.717, 1.165) is 48.5 Å². The zero-order valence-electron chi connectivity index (χ0n) is 28.4. The highest BCUT2D eigenvalue weighted by Crippen LogP contribution is 2.35. The minimum absolute atomic E-state index is 0.0900. The van der Waals surface area contributed by atoms with E-state index in [1.165, 1.54) is 0 Å². The third-order valence-corrected chi connectivity index (χ3v) is 6.72. The Bertz CT molecular complexity index is 1200. The number of esters is 7.